The maximum absolute atomic E-state index is 14.1. The van der Waals surface area contributed by atoms with E-state index in [1.54, 1.807) is 0 Å². The topological polar surface area (TPSA) is 36.9 Å². The summed E-state index contributed by atoms with van der Waals surface area (Å²) in [6, 6.07) is -0.755. The number of rotatable bonds is 10. The Kier molecular flexibility index (Phi) is 10.5. The van der Waals surface area contributed by atoms with Gasteiger partial charge in [-0.2, -0.15) is 74.6 Å². The van der Waals surface area contributed by atoms with Crippen molar-refractivity contribution in [3.05, 3.63) is 0 Å². The second-order valence-corrected chi connectivity index (χ2v) is 17.5. The molecule has 0 amide bonds. The predicted molar refractivity (Wildman–Crippen MR) is 106 cm³/mol. The van der Waals surface area contributed by atoms with Crippen LogP contribution in [0.15, 0.2) is 0 Å². The standard InChI is InChI=1S/C15H18F17O4Si4/c1-37-33-38(2)35-40(4,36-39(3)34-37)7-5-6-8(16,17)9(18,19)10(20,21)11(22,23)12(24,25)13(26,27)14(28,29)15(30,31)32/h5-7H2,1-4H3. The van der Waals surface area contributed by atoms with Crippen molar-refractivity contribution in [1.29, 1.82) is 0 Å². The first-order valence-electron chi connectivity index (χ1n) is 10.3. The fourth-order valence-corrected chi connectivity index (χ4v) is 15.1. The van der Waals surface area contributed by atoms with Crippen molar-refractivity contribution in [2.45, 2.75) is 92.7 Å². The molecule has 4 nitrogen and oxygen atoms in total. The van der Waals surface area contributed by atoms with E-state index in [1.807, 2.05) is 0 Å². The Labute approximate surface area is 220 Å². The molecule has 0 atom stereocenters. The quantitative estimate of drug-likeness (QED) is 0.178. The number of alkyl halides is 17. The summed E-state index contributed by atoms with van der Waals surface area (Å²) in [7, 11) is -9.93. The van der Waals surface area contributed by atoms with Crippen LogP contribution in [-0.4, -0.2) is 84.0 Å². The van der Waals surface area contributed by atoms with Crippen LogP contribution in [0.25, 0.3) is 0 Å². The molecule has 0 aromatic carbocycles. The molecule has 3 radical (unpaired) electrons. The van der Waals surface area contributed by atoms with Gasteiger partial charge < -0.3 is 16.5 Å². The summed E-state index contributed by atoms with van der Waals surface area (Å²) in [6.45, 7) is 5.48. The van der Waals surface area contributed by atoms with Gasteiger partial charge in [0.25, 0.3) is 0 Å². The summed E-state index contributed by atoms with van der Waals surface area (Å²) < 4.78 is 249. The summed E-state index contributed by atoms with van der Waals surface area (Å²) in [4.78, 5) is 0. The van der Waals surface area contributed by atoms with Gasteiger partial charge in [0.15, 0.2) is 0 Å². The molecule has 1 saturated heterocycles. The highest BCUT2D eigenvalue weighted by Crippen LogP contribution is 2.64. The molecule has 237 valence electrons. The summed E-state index contributed by atoms with van der Waals surface area (Å²) in [6.07, 6.45) is -11.6. The molecule has 0 aliphatic carbocycles. The second kappa shape index (κ2) is 11.2. The Morgan fingerprint density at radius 1 is 0.500 bits per heavy atom. The third-order valence-corrected chi connectivity index (χ3v) is 16.8. The number of hydrogen-bond acceptors (Lipinski definition) is 4. The van der Waals surface area contributed by atoms with Crippen LogP contribution >= 0.6 is 0 Å². The van der Waals surface area contributed by atoms with E-state index in [-0.39, 0.29) is 0 Å². The first-order valence-corrected chi connectivity index (χ1v) is 18.3. The van der Waals surface area contributed by atoms with Crippen LogP contribution < -0.4 is 0 Å². The second-order valence-electron chi connectivity index (χ2n) is 8.52. The van der Waals surface area contributed by atoms with Crippen molar-refractivity contribution in [2.24, 2.45) is 0 Å². The molecule has 0 saturated carbocycles. The first kappa shape index (κ1) is 37.5. The van der Waals surface area contributed by atoms with Gasteiger partial charge in [0.1, 0.15) is 0 Å². The van der Waals surface area contributed by atoms with Crippen molar-refractivity contribution >= 4 is 36.4 Å². The number of halogens is 17. The molecule has 0 unspecified atom stereocenters. The average molecular weight is 698 g/mol. The van der Waals surface area contributed by atoms with Gasteiger partial charge in [0, 0.05) is 6.42 Å². The zero-order chi connectivity index (χ0) is 32.2. The lowest BCUT2D eigenvalue weighted by atomic mass is 9.88. The van der Waals surface area contributed by atoms with Gasteiger partial charge in [-0.15, -0.1) is 0 Å². The third-order valence-electron chi connectivity index (χ3n) is 5.20. The van der Waals surface area contributed by atoms with E-state index < -0.39 is 103 Å². The highest BCUT2D eigenvalue weighted by molar-refractivity contribution is 6.81. The van der Waals surface area contributed by atoms with Gasteiger partial charge in [-0.05, 0) is 38.7 Å². The molecule has 0 aromatic heterocycles. The lowest BCUT2D eigenvalue weighted by molar-refractivity contribution is -0.461. The summed E-state index contributed by atoms with van der Waals surface area (Å²) in [5, 5.41) is 0. The predicted octanol–water partition coefficient (Wildman–Crippen LogP) is 7.28. The van der Waals surface area contributed by atoms with E-state index in [9.17, 15) is 74.6 Å². The molecule has 1 fully saturated rings. The maximum atomic E-state index is 14.1. The Morgan fingerprint density at radius 2 is 0.825 bits per heavy atom. The summed E-state index contributed by atoms with van der Waals surface area (Å²) in [5.41, 5.74) is 0. The Bertz CT molecular complexity index is 873. The van der Waals surface area contributed by atoms with E-state index in [2.05, 4.69) is 0 Å². The molecule has 40 heavy (non-hydrogen) atoms. The van der Waals surface area contributed by atoms with Gasteiger partial charge in [0.2, 0.25) is 0 Å². The zero-order valence-corrected chi connectivity index (χ0v) is 24.2. The van der Waals surface area contributed by atoms with E-state index in [0.29, 0.717) is 0 Å². The molecule has 0 spiro atoms. The van der Waals surface area contributed by atoms with E-state index >= 15 is 0 Å². The van der Waals surface area contributed by atoms with Crippen molar-refractivity contribution < 1.29 is 91.1 Å². The Balaban J connectivity index is 3.29. The van der Waals surface area contributed by atoms with E-state index in [0.717, 1.165) is 0 Å². The molecule has 0 bridgehead atoms. The molecule has 0 N–H and O–H groups in total. The van der Waals surface area contributed by atoms with Crippen LogP contribution in [0, 0.1) is 0 Å². The van der Waals surface area contributed by atoms with Crippen LogP contribution in [0.5, 0.6) is 0 Å². The lowest BCUT2D eigenvalue weighted by Crippen LogP contribution is -2.74. The maximum Gasteiger partial charge on any atom is 0.460 e. The molecule has 0 aromatic rings. The zero-order valence-electron chi connectivity index (χ0n) is 20.2. The SMILES string of the molecule is C[Si]1O[Si](C)O[Si](C)(CCCC(F)(F)C(F)(F)C(F)(F)C(F)(F)C(F)(F)C(F)(F)C(F)(F)C(F)(F)F)O[Si](C)O1. The van der Waals surface area contributed by atoms with Crippen molar-refractivity contribution in [2.75, 3.05) is 0 Å². The van der Waals surface area contributed by atoms with Crippen molar-refractivity contribution in [1.82, 2.24) is 0 Å². The third kappa shape index (κ3) is 6.39. The first-order chi connectivity index (χ1) is 17.3. The minimum absolute atomic E-state index is 0.755. The minimum Gasteiger partial charge on any atom is -0.415 e. The van der Waals surface area contributed by atoms with Crippen LogP contribution in [-0.2, 0) is 16.5 Å². The fraction of sp³-hybridized carbons (Fsp3) is 1.00. The number of hydrogen-bond donors (Lipinski definition) is 0. The van der Waals surface area contributed by atoms with Gasteiger partial charge in [-0.25, -0.2) is 0 Å². The molecule has 25 heteroatoms. The molecular formula is C15H18F17O4Si4. The van der Waals surface area contributed by atoms with E-state index in [1.165, 1.54) is 26.2 Å². The van der Waals surface area contributed by atoms with Crippen LogP contribution in [0.3, 0.4) is 0 Å². The van der Waals surface area contributed by atoms with Gasteiger partial charge in [0.05, 0.1) is 0 Å². The minimum atomic E-state index is -8.64. The molecular weight excluding hydrogens is 679 g/mol. The van der Waals surface area contributed by atoms with E-state index in [4.69, 9.17) is 16.5 Å². The van der Waals surface area contributed by atoms with Crippen molar-refractivity contribution in [3.8, 4) is 0 Å². The van der Waals surface area contributed by atoms with Gasteiger partial charge >= 0.3 is 84.0 Å². The molecule has 1 heterocycles. The summed E-state index contributed by atoms with van der Waals surface area (Å²) >= 11 is 0. The van der Waals surface area contributed by atoms with Crippen molar-refractivity contribution in [3.63, 3.8) is 0 Å². The lowest BCUT2D eigenvalue weighted by Gasteiger charge is -2.43. The summed E-state index contributed by atoms with van der Waals surface area (Å²) in [5.74, 6) is -56.3. The Morgan fingerprint density at radius 3 is 1.18 bits per heavy atom. The average Bonchev–Trinajstić information content (AvgIpc) is 2.70. The molecule has 1 rings (SSSR count). The van der Waals surface area contributed by atoms with Crippen LogP contribution in [0.2, 0.25) is 32.2 Å². The molecule has 1 aliphatic rings. The largest absolute Gasteiger partial charge is 0.460 e. The fourth-order valence-electron chi connectivity index (χ4n) is 3.18. The van der Waals surface area contributed by atoms with Crippen LogP contribution in [0.4, 0.5) is 74.6 Å². The van der Waals surface area contributed by atoms with Gasteiger partial charge in [-0.3, -0.25) is 0 Å². The highest BCUT2D eigenvalue weighted by Gasteiger charge is 2.95. The smallest absolute Gasteiger partial charge is 0.415 e. The highest BCUT2D eigenvalue weighted by atomic mass is 28.5. The van der Waals surface area contributed by atoms with Gasteiger partial charge in [-0.1, -0.05) is 0 Å². The molecule has 1 aliphatic heterocycles. The van der Waals surface area contributed by atoms with Crippen LogP contribution in [0.1, 0.15) is 12.8 Å². The normalized spacial score (nSPS) is 20.9. The monoisotopic (exact) mass is 697 g/mol. The Hall–Kier alpha value is -0.482.